The molecule has 7 heteroatoms. The molecule has 2 aromatic heterocycles. The predicted octanol–water partition coefficient (Wildman–Crippen LogP) is 3.63. The Balaban J connectivity index is 1.64. The molecule has 0 radical (unpaired) electrons. The molecule has 0 aliphatic rings. The van der Waals surface area contributed by atoms with Crippen LogP contribution in [0.5, 0.6) is 5.75 Å². The molecule has 0 amide bonds. The van der Waals surface area contributed by atoms with Gasteiger partial charge in [-0.1, -0.05) is 30.3 Å². The van der Waals surface area contributed by atoms with Gasteiger partial charge in [0, 0.05) is 17.4 Å². The number of ether oxygens (including phenoxy) is 1. The summed E-state index contributed by atoms with van der Waals surface area (Å²) in [5.74, 6) is 1.79. The molecule has 0 saturated carbocycles. The van der Waals surface area contributed by atoms with Gasteiger partial charge in [0.1, 0.15) is 17.1 Å². The molecular weight excluding hydrogens is 344 g/mol. The highest BCUT2D eigenvalue weighted by Crippen LogP contribution is 2.30. The number of rotatable bonds is 6. The first-order valence-electron chi connectivity index (χ1n) is 8.68. The number of carbonyl (C=O) groups is 1. The van der Waals surface area contributed by atoms with Crippen LogP contribution in [0.25, 0.3) is 11.0 Å². The first kappa shape index (κ1) is 17.0. The summed E-state index contributed by atoms with van der Waals surface area (Å²) in [6, 6.07) is 13.0. The largest absolute Gasteiger partial charge is 0.485 e. The van der Waals surface area contributed by atoms with E-state index in [1.54, 1.807) is 12.1 Å². The van der Waals surface area contributed by atoms with Crippen LogP contribution in [-0.2, 0) is 13.0 Å². The number of hydrogen-bond donors (Lipinski definition) is 1. The van der Waals surface area contributed by atoms with Crippen LogP contribution in [-0.4, -0.2) is 26.4 Å². The number of nitrogens with zero attached hydrogens (tertiary/aromatic N) is 3. The topological polar surface area (TPSA) is 93.9 Å². The zero-order valence-electron chi connectivity index (χ0n) is 15.0. The van der Waals surface area contributed by atoms with E-state index in [1.165, 1.54) is 0 Å². The second kappa shape index (κ2) is 7.03. The Bertz CT molecular complexity index is 1100. The average molecular weight is 362 g/mol. The number of benzene rings is 2. The second-order valence-electron chi connectivity index (χ2n) is 6.18. The van der Waals surface area contributed by atoms with Gasteiger partial charge in [-0.05, 0) is 36.8 Å². The summed E-state index contributed by atoms with van der Waals surface area (Å²) < 4.78 is 11.6. The molecule has 0 aliphatic carbocycles. The number of carbonyl (C=O) groups excluding carboxylic acids is 1. The minimum Gasteiger partial charge on any atom is -0.485 e. The number of para-hydroxylation sites is 1. The lowest BCUT2D eigenvalue weighted by atomic mass is 9.98. The monoisotopic (exact) mass is 362 g/mol. The Hall–Kier alpha value is -3.48. The van der Waals surface area contributed by atoms with E-state index in [2.05, 4.69) is 20.6 Å². The van der Waals surface area contributed by atoms with Crippen molar-refractivity contribution in [1.29, 1.82) is 0 Å². The van der Waals surface area contributed by atoms with E-state index in [-0.39, 0.29) is 12.4 Å². The van der Waals surface area contributed by atoms with E-state index >= 15 is 0 Å². The van der Waals surface area contributed by atoms with Crippen molar-refractivity contribution < 1.29 is 13.9 Å². The number of nitrogens with one attached hydrogen (secondary N) is 1. The maximum atomic E-state index is 13.2. The SMILES string of the molecule is CCc1oc2ccccc2c1C(=O)c1ccc(OCc2nn[nH]n2)c(C)c1. The van der Waals surface area contributed by atoms with Crippen LogP contribution in [0.2, 0.25) is 0 Å². The van der Waals surface area contributed by atoms with Gasteiger partial charge in [-0.2, -0.15) is 5.21 Å². The van der Waals surface area contributed by atoms with Gasteiger partial charge in [-0.15, -0.1) is 10.2 Å². The van der Waals surface area contributed by atoms with Crippen molar-refractivity contribution >= 4 is 16.8 Å². The lowest BCUT2D eigenvalue weighted by molar-refractivity contribution is 0.103. The highest BCUT2D eigenvalue weighted by molar-refractivity contribution is 6.17. The van der Waals surface area contributed by atoms with Gasteiger partial charge < -0.3 is 9.15 Å². The van der Waals surface area contributed by atoms with Crippen LogP contribution >= 0.6 is 0 Å². The lowest BCUT2D eigenvalue weighted by Gasteiger charge is -2.09. The van der Waals surface area contributed by atoms with Crippen LogP contribution in [0.1, 0.15) is 40.0 Å². The van der Waals surface area contributed by atoms with Crippen molar-refractivity contribution in [3.8, 4) is 5.75 Å². The number of H-pyrrole nitrogens is 1. The number of aromatic amines is 1. The van der Waals surface area contributed by atoms with Gasteiger partial charge in [0.25, 0.3) is 0 Å². The number of fused-ring (bicyclic) bond motifs is 1. The van der Waals surface area contributed by atoms with Crippen LogP contribution in [0, 0.1) is 6.92 Å². The molecule has 0 saturated heterocycles. The lowest BCUT2D eigenvalue weighted by Crippen LogP contribution is -2.05. The molecule has 4 aromatic rings. The minimum atomic E-state index is -0.0513. The third kappa shape index (κ3) is 3.19. The maximum Gasteiger partial charge on any atom is 0.211 e. The average Bonchev–Trinajstić information content (AvgIpc) is 3.33. The Morgan fingerprint density at radius 3 is 2.81 bits per heavy atom. The Morgan fingerprint density at radius 2 is 2.07 bits per heavy atom. The van der Waals surface area contributed by atoms with Crippen LogP contribution < -0.4 is 4.74 Å². The molecule has 0 fully saturated rings. The standard InChI is InChI=1S/C20H18N4O3/c1-3-15-19(14-6-4-5-7-17(14)27-15)20(25)13-8-9-16(12(2)10-13)26-11-18-21-23-24-22-18/h4-10H,3,11H2,1-2H3,(H,21,22,23,24). The maximum absolute atomic E-state index is 13.2. The highest BCUT2D eigenvalue weighted by atomic mass is 16.5. The molecule has 27 heavy (non-hydrogen) atoms. The Kier molecular flexibility index (Phi) is 4.42. The predicted molar refractivity (Wildman–Crippen MR) is 98.7 cm³/mol. The molecule has 4 rings (SSSR count). The number of aromatic nitrogens is 4. The van der Waals surface area contributed by atoms with Crippen molar-refractivity contribution in [2.45, 2.75) is 26.9 Å². The van der Waals surface area contributed by atoms with E-state index in [1.807, 2.05) is 44.2 Å². The van der Waals surface area contributed by atoms with E-state index in [9.17, 15) is 4.79 Å². The van der Waals surface area contributed by atoms with Crippen LogP contribution in [0.15, 0.2) is 46.9 Å². The number of aryl methyl sites for hydroxylation is 2. The zero-order chi connectivity index (χ0) is 18.8. The number of hydrogen-bond acceptors (Lipinski definition) is 6. The van der Waals surface area contributed by atoms with Gasteiger partial charge >= 0.3 is 0 Å². The fourth-order valence-electron chi connectivity index (χ4n) is 3.08. The fourth-order valence-corrected chi connectivity index (χ4v) is 3.08. The van der Waals surface area contributed by atoms with E-state index in [0.29, 0.717) is 34.9 Å². The summed E-state index contributed by atoms with van der Waals surface area (Å²) in [4.78, 5) is 13.2. The molecule has 1 N–H and O–H groups in total. The molecule has 2 aromatic carbocycles. The highest BCUT2D eigenvalue weighted by Gasteiger charge is 2.21. The Morgan fingerprint density at radius 1 is 1.22 bits per heavy atom. The van der Waals surface area contributed by atoms with E-state index in [4.69, 9.17) is 9.15 Å². The fraction of sp³-hybridized carbons (Fsp3) is 0.200. The second-order valence-corrected chi connectivity index (χ2v) is 6.18. The molecule has 0 atom stereocenters. The van der Waals surface area contributed by atoms with E-state index < -0.39 is 0 Å². The molecule has 7 nitrogen and oxygen atoms in total. The van der Waals surface area contributed by atoms with Gasteiger partial charge in [0.2, 0.25) is 5.82 Å². The summed E-state index contributed by atoms with van der Waals surface area (Å²) in [5.41, 5.74) is 2.82. The molecule has 0 aliphatic heterocycles. The summed E-state index contributed by atoms with van der Waals surface area (Å²) in [5, 5.41) is 14.4. The van der Waals surface area contributed by atoms with Crippen LogP contribution in [0.4, 0.5) is 0 Å². The minimum absolute atomic E-state index is 0.0513. The molecule has 136 valence electrons. The third-order valence-electron chi connectivity index (χ3n) is 4.40. The number of tetrazole rings is 1. The van der Waals surface area contributed by atoms with Gasteiger partial charge in [-0.3, -0.25) is 4.79 Å². The first-order chi connectivity index (χ1) is 13.2. The number of furan rings is 1. The smallest absolute Gasteiger partial charge is 0.211 e. The molecule has 0 spiro atoms. The Labute approximate surface area is 155 Å². The van der Waals surface area contributed by atoms with Crippen molar-refractivity contribution in [3.63, 3.8) is 0 Å². The number of ketones is 1. The van der Waals surface area contributed by atoms with Crippen molar-refractivity contribution in [1.82, 2.24) is 20.6 Å². The van der Waals surface area contributed by atoms with Crippen molar-refractivity contribution in [2.24, 2.45) is 0 Å². The van der Waals surface area contributed by atoms with Gasteiger partial charge in [0.15, 0.2) is 12.4 Å². The molecule has 0 unspecified atom stereocenters. The molecule has 2 heterocycles. The first-order valence-corrected chi connectivity index (χ1v) is 8.68. The van der Waals surface area contributed by atoms with Crippen molar-refractivity contribution in [3.05, 3.63) is 70.7 Å². The molecule has 0 bridgehead atoms. The summed E-state index contributed by atoms with van der Waals surface area (Å²) in [7, 11) is 0. The van der Waals surface area contributed by atoms with Crippen LogP contribution in [0.3, 0.4) is 0 Å². The quantitative estimate of drug-likeness (QED) is 0.527. The third-order valence-corrected chi connectivity index (χ3v) is 4.40. The normalized spacial score (nSPS) is 11.0. The zero-order valence-corrected chi connectivity index (χ0v) is 15.0. The van der Waals surface area contributed by atoms with Crippen molar-refractivity contribution in [2.75, 3.05) is 0 Å². The van der Waals surface area contributed by atoms with E-state index in [0.717, 1.165) is 16.5 Å². The molecular formula is C20H18N4O3. The summed E-state index contributed by atoms with van der Waals surface area (Å²) >= 11 is 0. The summed E-state index contributed by atoms with van der Waals surface area (Å²) in [6.07, 6.45) is 0.653. The van der Waals surface area contributed by atoms with Gasteiger partial charge in [0.05, 0.1) is 5.56 Å². The van der Waals surface area contributed by atoms with Gasteiger partial charge in [-0.25, -0.2) is 0 Å². The summed E-state index contributed by atoms with van der Waals surface area (Å²) in [6.45, 7) is 4.09.